The Labute approximate surface area is 120 Å². The molecule has 3 heteroatoms. The first-order chi connectivity index (χ1) is 9.55. The smallest absolute Gasteiger partial charge is 0.0706 e. The van der Waals surface area contributed by atoms with E-state index in [1.165, 1.54) is 24.1 Å². The van der Waals surface area contributed by atoms with Gasteiger partial charge in [-0.2, -0.15) is 5.10 Å². The zero-order chi connectivity index (χ0) is 14.3. The van der Waals surface area contributed by atoms with E-state index in [9.17, 15) is 0 Å². The minimum atomic E-state index is 0.161. The molecule has 0 atom stereocenters. The molecule has 1 heterocycles. The highest BCUT2D eigenvalue weighted by Gasteiger charge is 2.45. The van der Waals surface area contributed by atoms with Crippen molar-refractivity contribution in [1.82, 2.24) is 9.78 Å². The number of aryl methyl sites for hydroxylation is 1. The third-order valence-electron chi connectivity index (χ3n) is 4.48. The first-order valence-electron chi connectivity index (χ1n) is 7.43. The van der Waals surface area contributed by atoms with Crippen molar-refractivity contribution in [1.29, 1.82) is 0 Å². The minimum absolute atomic E-state index is 0.161. The molecule has 106 valence electrons. The Hall–Kier alpha value is -1.61. The van der Waals surface area contributed by atoms with Gasteiger partial charge in [-0.3, -0.25) is 0 Å². The molecule has 1 aromatic heterocycles. The van der Waals surface area contributed by atoms with Crippen molar-refractivity contribution in [3.63, 3.8) is 0 Å². The standard InChI is InChI=1S/C17H23N3/c1-12(2)14-4-6-15(7-5-14)20-13(3)10-16(19-20)17(11-18)8-9-17/h4-7,10,12H,8-9,11,18H2,1-3H3. The van der Waals surface area contributed by atoms with Crippen LogP contribution in [0.4, 0.5) is 0 Å². The van der Waals surface area contributed by atoms with E-state index in [2.05, 4.69) is 51.1 Å². The van der Waals surface area contributed by atoms with Crippen LogP contribution in [0.5, 0.6) is 0 Å². The van der Waals surface area contributed by atoms with Crippen molar-refractivity contribution in [2.45, 2.75) is 44.9 Å². The molecule has 3 nitrogen and oxygen atoms in total. The number of hydrogen-bond donors (Lipinski definition) is 1. The SMILES string of the molecule is Cc1cc(C2(CN)CC2)nn1-c1ccc(C(C)C)cc1. The van der Waals surface area contributed by atoms with Crippen molar-refractivity contribution >= 4 is 0 Å². The van der Waals surface area contributed by atoms with E-state index in [1.807, 2.05) is 4.68 Å². The van der Waals surface area contributed by atoms with E-state index in [0.717, 1.165) is 11.4 Å². The Morgan fingerprint density at radius 1 is 1.25 bits per heavy atom. The predicted molar refractivity (Wildman–Crippen MR) is 82.4 cm³/mol. The van der Waals surface area contributed by atoms with Gasteiger partial charge in [-0.1, -0.05) is 26.0 Å². The second kappa shape index (κ2) is 4.74. The van der Waals surface area contributed by atoms with Gasteiger partial charge in [-0.25, -0.2) is 4.68 Å². The molecular weight excluding hydrogens is 246 g/mol. The molecule has 0 unspecified atom stereocenters. The predicted octanol–water partition coefficient (Wildman–Crippen LogP) is 3.29. The summed E-state index contributed by atoms with van der Waals surface area (Å²) >= 11 is 0. The highest BCUT2D eigenvalue weighted by molar-refractivity contribution is 5.38. The van der Waals surface area contributed by atoms with Gasteiger partial charge < -0.3 is 5.73 Å². The van der Waals surface area contributed by atoms with E-state index < -0.39 is 0 Å². The van der Waals surface area contributed by atoms with Gasteiger partial charge in [0.2, 0.25) is 0 Å². The summed E-state index contributed by atoms with van der Waals surface area (Å²) in [6.07, 6.45) is 2.35. The van der Waals surface area contributed by atoms with Crippen LogP contribution < -0.4 is 5.73 Å². The maximum absolute atomic E-state index is 5.90. The zero-order valence-corrected chi connectivity index (χ0v) is 12.6. The highest BCUT2D eigenvalue weighted by Crippen LogP contribution is 2.46. The maximum Gasteiger partial charge on any atom is 0.0706 e. The van der Waals surface area contributed by atoms with E-state index in [1.54, 1.807) is 0 Å². The lowest BCUT2D eigenvalue weighted by Crippen LogP contribution is -2.20. The van der Waals surface area contributed by atoms with Gasteiger partial charge in [-0.15, -0.1) is 0 Å². The van der Waals surface area contributed by atoms with E-state index in [4.69, 9.17) is 10.8 Å². The van der Waals surface area contributed by atoms with Gasteiger partial charge in [0.05, 0.1) is 11.4 Å². The molecule has 0 amide bonds. The lowest BCUT2D eigenvalue weighted by molar-refractivity contribution is 0.660. The normalized spacial score (nSPS) is 16.6. The number of aromatic nitrogens is 2. The summed E-state index contributed by atoms with van der Waals surface area (Å²) in [4.78, 5) is 0. The number of benzene rings is 1. The molecule has 0 aliphatic heterocycles. The van der Waals surface area contributed by atoms with Gasteiger partial charge in [0.1, 0.15) is 0 Å². The Morgan fingerprint density at radius 3 is 2.40 bits per heavy atom. The van der Waals surface area contributed by atoms with Crippen molar-refractivity contribution < 1.29 is 0 Å². The third kappa shape index (κ3) is 2.16. The molecule has 1 fully saturated rings. The molecule has 2 aromatic rings. The number of nitrogens with two attached hydrogens (primary N) is 1. The van der Waals surface area contributed by atoms with Crippen molar-refractivity contribution in [2.24, 2.45) is 5.73 Å². The number of nitrogens with zero attached hydrogens (tertiary/aromatic N) is 2. The van der Waals surface area contributed by atoms with Crippen LogP contribution in [-0.4, -0.2) is 16.3 Å². The van der Waals surface area contributed by atoms with E-state index in [0.29, 0.717) is 12.5 Å². The molecule has 20 heavy (non-hydrogen) atoms. The second-order valence-corrected chi connectivity index (χ2v) is 6.31. The Morgan fingerprint density at radius 2 is 1.90 bits per heavy atom. The molecule has 2 N–H and O–H groups in total. The van der Waals surface area contributed by atoms with Gasteiger partial charge in [0.25, 0.3) is 0 Å². The molecule has 0 saturated heterocycles. The summed E-state index contributed by atoms with van der Waals surface area (Å²) in [6, 6.07) is 10.9. The molecule has 1 aromatic carbocycles. The molecule has 0 radical (unpaired) electrons. The first-order valence-corrected chi connectivity index (χ1v) is 7.43. The van der Waals surface area contributed by atoms with Crippen LogP contribution in [0, 0.1) is 6.92 Å². The minimum Gasteiger partial charge on any atom is -0.330 e. The van der Waals surface area contributed by atoms with Crippen LogP contribution in [-0.2, 0) is 5.41 Å². The quantitative estimate of drug-likeness (QED) is 0.925. The fourth-order valence-corrected chi connectivity index (χ4v) is 2.71. The summed E-state index contributed by atoms with van der Waals surface area (Å²) < 4.78 is 2.04. The van der Waals surface area contributed by atoms with E-state index in [-0.39, 0.29) is 5.41 Å². The van der Waals surface area contributed by atoms with Gasteiger partial charge in [0, 0.05) is 17.7 Å². The van der Waals surface area contributed by atoms with Crippen LogP contribution in [0.2, 0.25) is 0 Å². The molecule has 0 bridgehead atoms. The summed E-state index contributed by atoms with van der Waals surface area (Å²) in [7, 11) is 0. The average molecular weight is 269 g/mol. The highest BCUT2D eigenvalue weighted by atomic mass is 15.3. The summed E-state index contributed by atoms with van der Waals surface area (Å²) in [5.74, 6) is 0.560. The van der Waals surface area contributed by atoms with Gasteiger partial charge in [0.15, 0.2) is 0 Å². The average Bonchev–Trinajstić information content (AvgIpc) is 3.16. The summed E-state index contributed by atoms with van der Waals surface area (Å²) in [5.41, 5.74) is 10.9. The topological polar surface area (TPSA) is 43.8 Å². The molecule has 1 aliphatic rings. The first kappa shape index (κ1) is 13.4. The Bertz CT molecular complexity index is 604. The molecular formula is C17H23N3. The third-order valence-corrected chi connectivity index (χ3v) is 4.48. The Balaban J connectivity index is 1.94. The van der Waals surface area contributed by atoms with Crippen LogP contribution in [0.3, 0.4) is 0 Å². The monoisotopic (exact) mass is 269 g/mol. The van der Waals surface area contributed by atoms with Gasteiger partial charge in [-0.05, 0) is 49.4 Å². The largest absolute Gasteiger partial charge is 0.330 e. The van der Waals surface area contributed by atoms with Crippen LogP contribution in [0.25, 0.3) is 5.69 Å². The fourth-order valence-electron chi connectivity index (χ4n) is 2.71. The molecule has 1 saturated carbocycles. The number of rotatable bonds is 4. The fraction of sp³-hybridized carbons (Fsp3) is 0.471. The molecule has 1 aliphatic carbocycles. The van der Waals surface area contributed by atoms with Crippen LogP contribution >= 0.6 is 0 Å². The van der Waals surface area contributed by atoms with E-state index >= 15 is 0 Å². The molecule has 0 spiro atoms. The maximum atomic E-state index is 5.90. The number of hydrogen-bond acceptors (Lipinski definition) is 2. The lowest BCUT2D eigenvalue weighted by Gasteiger charge is -2.09. The van der Waals surface area contributed by atoms with Crippen LogP contribution in [0.1, 0.15) is 49.6 Å². The molecule has 3 rings (SSSR count). The van der Waals surface area contributed by atoms with Gasteiger partial charge >= 0.3 is 0 Å². The van der Waals surface area contributed by atoms with Crippen molar-refractivity contribution in [2.75, 3.05) is 6.54 Å². The second-order valence-electron chi connectivity index (χ2n) is 6.31. The summed E-state index contributed by atoms with van der Waals surface area (Å²) in [6.45, 7) is 7.24. The van der Waals surface area contributed by atoms with Crippen molar-refractivity contribution in [3.8, 4) is 5.69 Å². The van der Waals surface area contributed by atoms with Crippen LogP contribution in [0.15, 0.2) is 30.3 Å². The zero-order valence-electron chi connectivity index (χ0n) is 12.6. The summed E-state index contributed by atoms with van der Waals surface area (Å²) in [5, 5.41) is 4.80. The lowest BCUT2D eigenvalue weighted by atomic mass is 10.0. The van der Waals surface area contributed by atoms with Crippen molar-refractivity contribution in [3.05, 3.63) is 47.3 Å². The Kier molecular flexibility index (Phi) is 3.17.